The maximum atomic E-state index is 12.5. The van der Waals surface area contributed by atoms with Crippen molar-refractivity contribution < 1.29 is 14.3 Å². The maximum absolute atomic E-state index is 12.5. The molecule has 0 fully saturated rings. The third kappa shape index (κ3) is 5.84. The van der Waals surface area contributed by atoms with Gasteiger partial charge < -0.3 is 14.3 Å². The highest BCUT2D eigenvalue weighted by Gasteiger charge is 2.17. The van der Waals surface area contributed by atoms with Gasteiger partial charge in [0.25, 0.3) is 0 Å². The van der Waals surface area contributed by atoms with Crippen molar-refractivity contribution in [2.45, 2.75) is 52.0 Å². The predicted octanol–water partition coefficient (Wildman–Crippen LogP) is 4.09. The van der Waals surface area contributed by atoms with Crippen molar-refractivity contribution in [1.82, 2.24) is 4.90 Å². The lowest BCUT2D eigenvalue weighted by atomic mass is 9.98. The molecule has 1 aliphatic rings. The molecule has 1 N–H and O–H groups in total. The van der Waals surface area contributed by atoms with Crippen LogP contribution in [0.1, 0.15) is 41.9 Å². The number of benzene rings is 2. The molecular weight excluding hydrogens is 390 g/mol. The van der Waals surface area contributed by atoms with E-state index in [9.17, 15) is 9.90 Å². The van der Waals surface area contributed by atoms with Crippen LogP contribution in [0.2, 0.25) is 0 Å². The molecule has 0 bridgehead atoms. The van der Waals surface area contributed by atoms with Gasteiger partial charge in [0.05, 0.1) is 12.1 Å². The Kier molecular flexibility index (Phi) is 6.25. The summed E-state index contributed by atoms with van der Waals surface area (Å²) in [6.45, 7) is 6.28. The van der Waals surface area contributed by atoms with Crippen LogP contribution < -0.4 is 10.2 Å². The first-order chi connectivity index (χ1) is 14.9. The summed E-state index contributed by atoms with van der Waals surface area (Å²) in [5, 5.41) is 9.92. The summed E-state index contributed by atoms with van der Waals surface area (Å²) < 4.78 is 11.4. The molecule has 0 saturated carbocycles. The summed E-state index contributed by atoms with van der Waals surface area (Å²) in [6, 6.07) is 17.9. The average molecular weight is 420 g/mol. The lowest BCUT2D eigenvalue weighted by Gasteiger charge is -2.28. The van der Waals surface area contributed by atoms with E-state index in [2.05, 4.69) is 29.2 Å². The molecule has 1 aliphatic heterocycles. The van der Waals surface area contributed by atoms with Gasteiger partial charge >= 0.3 is 0 Å². The molecule has 2 aromatic carbocycles. The van der Waals surface area contributed by atoms with E-state index in [0.29, 0.717) is 18.7 Å². The van der Waals surface area contributed by atoms with Crippen molar-refractivity contribution in [2.24, 2.45) is 0 Å². The third-order valence-electron chi connectivity index (χ3n) is 5.50. The Morgan fingerprint density at radius 2 is 1.77 bits per heavy atom. The van der Waals surface area contributed by atoms with Crippen LogP contribution in [0.5, 0.6) is 5.75 Å². The Hall–Kier alpha value is -2.89. The van der Waals surface area contributed by atoms with Crippen molar-refractivity contribution in [3.8, 4) is 5.75 Å². The Labute approximate surface area is 182 Å². The lowest BCUT2D eigenvalue weighted by Crippen LogP contribution is -2.30. The lowest BCUT2D eigenvalue weighted by molar-refractivity contribution is 0.0810. The first-order valence-electron chi connectivity index (χ1n) is 10.7. The fraction of sp³-hybridized carbons (Fsp3) is 0.346. The minimum Gasteiger partial charge on any atom is -0.482 e. The first kappa shape index (κ1) is 21.3. The van der Waals surface area contributed by atoms with Gasteiger partial charge in [-0.15, -0.1) is 0 Å². The average Bonchev–Trinajstić information content (AvgIpc) is 2.73. The minimum atomic E-state index is -0.740. The van der Waals surface area contributed by atoms with Gasteiger partial charge in [0.2, 0.25) is 11.2 Å². The van der Waals surface area contributed by atoms with Gasteiger partial charge in [-0.05, 0) is 42.5 Å². The van der Waals surface area contributed by atoms with Gasteiger partial charge in [0.1, 0.15) is 18.6 Å². The monoisotopic (exact) mass is 419 g/mol. The fourth-order valence-corrected chi connectivity index (χ4v) is 3.95. The van der Waals surface area contributed by atoms with Crippen molar-refractivity contribution in [1.29, 1.82) is 0 Å². The number of nitrogens with zero attached hydrogens (tertiary/aromatic N) is 1. The van der Waals surface area contributed by atoms with Crippen LogP contribution in [0.3, 0.4) is 0 Å². The van der Waals surface area contributed by atoms with E-state index in [1.54, 1.807) is 13.8 Å². The second-order valence-corrected chi connectivity index (χ2v) is 8.90. The zero-order valence-electron chi connectivity index (χ0n) is 18.1. The predicted molar refractivity (Wildman–Crippen MR) is 120 cm³/mol. The van der Waals surface area contributed by atoms with Crippen LogP contribution in [0.25, 0.3) is 0 Å². The summed E-state index contributed by atoms with van der Waals surface area (Å²) in [6.07, 6.45) is 3.01. The number of fused-ring (bicyclic) bond motifs is 1. The van der Waals surface area contributed by atoms with Crippen molar-refractivity contribution in [3.05, 3.63) is 99.1 Å². The highest BCUT2D eigenvalue weighted by molar-refractivity contribution is 5.29. The summed E-state index contributed by atoms with van der Waals surface area (Å²) in [4.78, 5) is 14.8. The molecule has 0 saturated heterocycles. The smallest absolute Gasteiger partial charge is 0.227 e. The molecule has 2 heterocycles. The second-order valence-electron chi connectivity index (χ2n) is 8.90. The molecule has 0 aliphatic carbocycles. The van der Waals surface area contributed by atoms with Crippen molar-refractivity contribution in [3.63, 3.8) is 0 Å². The number of ether oxygens (including phenoxy) is 1. The molecule has 162 valence electrons. The second kappa shape index (κ2) is 9.08. The number of hydrogen-bond acceptors (Lipinski definition) is 5. The molecule has 5 heteroatoms. The van der Waals surface area contributed by atoms with E-state index < -0.39 is 5.60 Å². The van der Waals surface area contributed by atoms with E-state index >= 15 is 0 Å². The van der Waals surface area contributed by atoms with Gasteiger partial charge in [-0.1, -0.05) is 48.5 Å². The molecule has 0 spiro atoms. The van der Waals surface area contributed by atoms with Crippen molar-refractivity contribution >= 4 is 0 Å². The van der Waals surface area contributed by atoms with Crippen LogP contribution in [-0.4, -0.2) is 22.2 Å². The number of hydrogen-bond donors (Lipinski definition) is 1. The molecule has 0 unspecified atom stereocenters. The van der Waals surface area contributed by atoms with E-state index in [-0.39, 0.29) is 17.8 Å². The Morgan fingerprint density at radius 1 is 1.06 bits per heavy atom. The van der Waals surface area contributed by atoms with E-state index in [1.165, 1.54) is 23.5 Å². The maximum Gasteiger partial charge on any atom is 0.227 e. The van der Waals surface area contributed by atoms with Crippen molar-refractivity contribution in [2.75, 3.05) is 6.54 Å². The van der Waals surface area contributed by atoms with Crippen LogP contribution >= 0.6 is 0 Å². The fourth-order valence-electron chi connectivity index (χ4n) is 3.95. The third-order valence-corrected chi connectivity index (χ3v) is 5.50. The van der Waals surface area contributed by atoms with Crippen LogP contribution in [0.4, 0.5) is 0 Å². The highest BCUT2D eigenvalue weighted by Crippen LogP contribution is 2.20. The molecule has 5 nitrogen and oxygen atoms in total. The molecule has 0 radical (unpaired) electrons. The van der Waals surface area contributed by atoms with E-state index in [4.69, 9.17) is 9.15 Å². The van der Waals surface area contributed by atoms with E-state index in [1.807, 2.05) is 24.3 Å². The summed E-state index contributed by atoms with van der Waals surface area (Å²) in [5.41, 5.74) is 3.84. The summed E-state index contributed by atoms with van der Waals surface area (Å²) in [5.74, 6) is 0.862. The SMILES string of the molecule is CC(C)(O)Cc1ccc(COc2coc(CN3CCc4ccccc4C3)cc2=O)cc1. The minimum absolute atomic E-state index is 0.169. The van der Waals surface area contributed by atoms with Gasteiger partial charge in [-0.25, -0.2) is 0 Å². The molecule has 3 aromatic rings. The first-order valence-corrected chi connectivity index (χ1v) is 10.7. The van der Waals surface area contributed by atoms with Gasteiger partial charge in [0, 0.05) is 25.6 Å². The van der Waals surface area contributed by atoms with E-state index in [0.717, 1.165) is 30.6 Å². The summed E-state index contributed by atoms with van der Waals surface area (Å²) >= 11 is 0. The van der Waals surface area contributed by atoms with Crippen LogP contribution in [0, 0.1) is 0 Å². The number of aliphatic hydroxyl groups is 1. The molecular formula is C26H29NO4. The van der Waals surface area contributed by atoms with Gasteiger partial charge in [-0.2, -0.15) is 0 Å². The highest BCUT2D eigenvalue weighted by atomic mass is 16.5. The summed E-state index contributed by atoms with van der Waals surface area (Å²) in [7, 11) is 0. The molecule has 31 heavy (non-hydrogen) atoms. The number of rotatable bonds is 7. The van der Waals surface area contributed by atoms with Crippen LogP contribution in [0.15, 0.2) is 70.1 Å². The van der Waals surface area contributed by atoms with Gasteiger partial charge in [-0.3, -0.25) is 9.69 Å². The molecule has 0 amide bonds. The molecule has 1 aromatic heterocycles. The van der Waals surface area contributed by atoms with Crippen LogP contribution in [-0.2, 0) is 32.5 Å². The topological polar surface area (TPSA) is 62.9 Å². The van der Waals surface area contributed by atoms with Gasteiger partial charge in [0.15, 0.2) is 0 Å². The molecule has 4 rings (SSSR count). The Balaban J connectivity index is 1.33. The standard InChI is InChI=1S/C26H29NO4/c1-26(2,29)14-19-7-9-20(10-8-19)17-31-25-18-30-23(13-24(25)28)16-27-12-11-21-5-3-4-6-22(21)15-27/h3-10,13,18,29H,11-12,14-17H2,1-2H3. The Morgan fingerprint density at radius 3 is 2.48 bits per heavy atom. The largest absolute Gasteiger partial charge is 0.482 e. The molecule has 0 atom stereocenters. The zero-order chi connectivity index (χ0) is 21.8. The Bertz CT molecular complexity index is 1080. The quantitative estimate of drug-likeness (QED) is 0.625. The zero-order valence-corrected chi connectivity index (χ0v) is 18.1. The normalized spacial score (nSPS) is 14.3.